The molecule has 0 amide bonds. The molecule has 3 heterocycles. The monoisotopic (exact) mass is 296 g/mol. The van der Waals surface area contributed by atoms with E-state index in [1.54, 1.807) is 18.6 Å². The van der Waals surface area contributed by atoms with Gasteiger partial charge in [0.2, 0.25) is 0 Å². The van der Waals surface area contributed by atoms with Crippen LogP contribution in [0.1, 0.15) is 12.8 Å². The fourth-order valence-electron chi connectivity index (χ4n) is 2.33. The van der Waals surface area contributed by atoms with Gasteiger partial charge >= 0.3 is 0 Å². The van der Waals surface area contributed by atoms with Gasteiger partial charge in [0.15, 0.2) is 17.3 Å². The van der Waals surface area contributed by atoms with Crippen LogP contribution in [0.5, 0.6) is 0 Å². The van der Waals surface area contributed by atoms with Crippen molar-refractivity contribution in [2.75, 3.05) is 22.2 Å². The molecule has 9 heteroatoms. The second-order valence-electron chi connectivity index (χ2n) is 4.85. The van der Waals surface area contributed by atoms with Crippen molar-refractivity contribution >= 4 is 27.1 Å². The number of sulfone groups is 1. The van der Waals surface area contributed by atoms with Crippen LogP contribution < -0.4 is 16.6 Å². The lowest BCUT2D eigenvalue weighted by molar-refractivity contribution is 0.559. The average Bonchev–Trinajstić information content (AvgIpc) is 2.89. The molecule has 0 bridgehead atoms. The summed E-state index contributed by atoms with van der Waals surface area (Å²) in [6, 6.07) is 0.0829. The Labute approximate surface area is 116 Å². The number of nitrogens with one attached hydrogen (secondary N) is 2. The minimum Gasteiger partial charge on any atom is -0.364 e. The number of hydrazine groups is 1. The summed E-state index contributed by atoms with van der Waals surface area (Å²) >= 11 is 0. The molecule has 0 aromatic carbocycles. The van der Waals surface area contributed by atoms with Crippen LogP contribution in [0.4, 0.5) is 11.6 Å². The highest BCUT2D eigenvalue weighted by atomic mass is 32.2. The Balaban J connectivity index is 1.85. The molecule has 0 spiro atoms. The lowest BCUT2D eigenvalue weighted by Crippen LogP contribution is -2.32. The Hall–Kier alpha value is -1.87. The number of fused-ring (bicyclic) bond motifs is 1. The molecule has 0 aliphatic carbocycles. The van der Waals surface area contributed by atoms with Crippen LogP contribution in [-0.4, -0.2) is 40.3 Å². The Kier molecular flexibility index (Phi) is 3.22. The number of nitrogens with two attached hydrogens (primary N) is 1. The van der Waals surface area contributed by atoms with Crippen molar-refractivity contribution in [3.8, 4) is 0 Å². The molecular weight excluding hydrogens is 280 g/mol. The highest BCUT2D eigenvalue weighted by Crippen LogP contribution is 2.21. The molecular formula is C11H16N6O2S. The van der Waals surface area contributed by atoms with E-state index in [2.05, 4.69) is 20.7 Å². The zero-order valence-electron chi connectivity index (χ0n) is 10.8. The van der Waals surface area contributed by atoms with Gasteiger partial charge in [0.1, 0.15) is 9.84 Å². The van der Waals surface area contributed by atoms with Crippen molar-refractivity contribution in [1.82, 2.24) is 14.4 Å². The summed E-state index contributed by atoms with van der Waals surface area (Å²) in [4.78, 5) is 8.58. The van der Waals surface area contributed by atoms with E-state index in [1.165, 1.54) is 0 Å². The second kappa shape index (κ2) is 4.91. The van der Waals surface area contributed by atoms with Gasteiger partial charge in [0.25, 0.3) is 0 Å². The van der Waals surface area contributed by atoms with Crippen LogP contribution in [0, 0.1) is 0 Å². The molecule has 0 radical (unpaired) electrons. The molecule has 8 nitrogen and oxygen atoms in total. The number of nitrogen functional groups attached to an aromatic ring is 1. The lowest BCUT2D eigenvalue weighted by Gasteiger charge is -2.23. The molecule has 20 heavy (non-hydrogen) atoms. The van der Waals surface area contributed by atoms with E-state index in [0.717, 1.165) is 0 Å². The number of hydrogen-bond acceptors (Lipinski definition) is 7. The van der Waals surface area contributed by atoms with Gasteiger partial charge in [0.05, 0.1) is 17.7 Å². The molecule has 1 aliphatic rings. The van der Waals surface area contributed by atoms with Crippen LogP contribution in [0.25, 0.3) is 5.65 Å². The molecule has 108 valence electrons. The summed E-state index contributed by atoms with van der Waals surface area (Å²) in [5.41, 5.74) is 3.20. The third-order valence-electron chi connectivity index (χ3n) is 3.42. The molecule has 1 aliphatic heterocycles. The minimum atomic E-state index is -2.87. The number of nitrogens with zero attached hydrogens (tertiary/aromatic N) is 3. The molecule has 0 atom stereocenters. The van der Waals surface area contributed by atoms with Gasteiger partial charge in [-0.25, -0.2) is 24.2 Å². The highest BCUT2D eigenvalue weighted by Gasteiger charge is 2.24. The number of anilines is 2. The SMILES string of the molecule is NNc1cn2ccnc2c(NC2CCS(=O)(=O)CC2)n1. The third-order valence-corrected chi connectivity index (χ3v) is 5.13. The van der Waals surface area contributed by atoms with Crippen LogP contribution in [0.3, 0.4) is 0 Å². The number of rotatable bonds is 3. The summed E-state index contributed by atoms with van der Waals surface area (Å²) in [7, 11) is -2.87. The van der Waals surface area contributed by atoms with Crippen LogP contribution in [0.2, 0.25) is 0 Å². The largest absolute Gasteiger partial charge is 0.364 e. The number of hydrogen-bond donors (Lipinski definition) is 3. The first-order valence-corrected chi connectivity index (χ1v) is 8.17. The molecule has 3 rings (SSSR count). The summed E-state index contributed by atoms with van der Waals surface area (Å²) in [6.45, 7) is 0. The second-order valence-corrected chi connectivity index (χ2v) is 7.15. The molecule has 2 aromatic rings. The number of aromatic nitrogens is 3. The van der Waals surface area contributed by atoms with E-state index >= 15 is 0 Å². The molecule has 0 unspecified atom stereocenters. The summed E-state index contributed by atoms with van der Waals surface area (Å²) < 4.78 is 24.7. The molecule has 1 saturated heterocycles. The fraction of sp³-hybridized carbons (Fsp3) is 0.455. The zero-order valence-corrected chi connectivity index (χ0v) is 11.6. The normalized spacial score (nSPS) is 19.1. The quantitative estimate of drug-likeness (QED) is 0.539. The van der Waals surface area contributed by atoms with Crippen molar-refractivity contribution in [2.45, 2.75) is 18.9 Å². The molecule has 0 saturated carbocycles. The summed E-state index contributed by atoms with van der Waals surface area (Å²) in [5, 5.41) is 3.27. The van der Waals surface area contributed by atoms with E-state index in [9.17, 15) is 8.42 Å². The van der Waals surface area contributed by atoms with Crippen molar-refractivity contribution in [3.05, 3.63) is 18.6 Å². The Bertz CT molecular complexity index is 712. The van der Waals surface area contributed by atoms with Gasteiger partial charge in [-0.05, 0) is 12.8 Å². The first-order valence-electron chi connectivity index (χ1n) is 6.35. The smallest absolute Gasteiger partial charge is 0.180 e. The predicted molar refractivity (Wildman–Crippen MR) is 76.1 cm³/mol. The Morgan fingerprint density at radius 3 is 2.80 bits per heavy atom. The van der Waals surface area contributed by atoms with E-state index < -0.39 is 9.84 Å². The van der Waals surface area contributed by atoms with E-state index in [4.69, 9.17) is 5.84 Å². The predicted octanol–water partition coefficient (Wildman–Crippen LogP) is 0.00400. The summed E-state index contributed by atoms with van der Waals surface area (Å²) in [5.74, 6) is 6.94. The zero-order chi connectivity index (χ0) is 14.2. The van der Waals surface area contributed by atoms with Gasteiger partial charge in [0, 0.05) is 18.4 Å². The van der Waals surface area contributed by atoms with Gasteiger partial charge in [-0.15, -0.1) is 0 Å². The first-order chi connectivity index (χ1) is 9.57. The van der Waals surface area contributed by atoms with Crippen molar-refractivity contribution in [1.29, 1.82) is 0 Å². The molecule has 1 fully saturated rings. The van der Waals surface area contributed by atoms with E-state index in [0.29, 0.717) is 30.1 Å². The Morgan fingerprint density at radius 2 is 2.10 bits per heavy atom. The van der Waals surface area contributed by atoms with Crippen LogP contribution in [-0.2, 0) is 9.84 Å². The van der Waals surface area contributed by atoms with Gasteiger partial charge < -0.3 is 15.1 Å². The van der Waals surface area contributed by atoms with Crippen LogP contribution >= 0.6 is 0 Å². The van der Waals surface area contributed by atoms with Gasteiger partial charge in [-0.1, -0.05) is 0 Å². The van der Waals surface area contributed by atoms with Crippen molar-refractivity contribution in [3.63, 3.8) is 0 Å². The highest BCUT2D eigenvalue weighted by molar-refractivity contribution is 7.91. The lowest BCUT2D eigenvalue weighted by atomic mass is 10.1. The van der Waals surface area contributed by atoms with Gasteiger partial charge in [-0.3, -0.25) is 0 Å². The maximum Gasteiger partial charge on any atom is 0.180 e. The molecule has 2 aromatic heterocycles. The molecule has 4 N–H and O–H groups in total. The minimum absolute atomic E-state index is 0.0829. The Morgan fingerprint density at radius 1 is 1.35 bits per heavy atom. The average molecular weight is 296 g/mol. The maximum absolute atomic E-state index is 11.4. The maximum atomic E-state index is 11.4. The number of imidazole rings is 1. The first kappa shape index (κ1) is 13.1. The van der Waals surface area contributed by atoms with Gasteiger partial charge in [-0.2, -0.15) is 0 Å². The van der Waals surface area contributed by atoms with Crippen molar-refractivity contribution in [2.24, 2.45) is 5.84 Å². The summed E-state index contributed by atoms with van der Waals surface area (Å²) in [6.07, 6.45) is 6.37. The van der Waals surface area contributed by atoms with E-state index in [-0.39, 0.29) is 17.5 Å². The standard InChI is InChI=1S/C11H16N6O2S/c12-16-9-7-17-4-3-13-11(17)10(15-9)14-8-1-5-20(18,19)6-2-8/h3-4,7-8,16H,1-2,5-6,12H2,(H,14,15). The topological polar surface area (TPSA) is 114 Å². The third kappa shape index (κ3) is 2.54. The van der Waals surface area contributed by atoms with E-state index in [1.807, 2.05) is 4.40 Å². The van der Waals surface area contributed by atoms with Crippen molar-refractivity contribution < 1.29 is 8.42 Å². The fourth-order valence-corrected chi connectivity index (χ4v) is 3.82. The van der Waals surface area contributed by atoms with Crippen LogP contribution in [0.15, 0.2) is 18.6 Å².